The lowest BCUT2D eigenvalue weighted by atomic mass is 10.1. The van der Waals surface area contributed by atoms with Crippen molar-refractivity contribution in [3.05, 3.63) is 29.3 Å². The van der Waals surface area contributed by atoms with E-state index < -0.39 is 0 Å². The molecule has 0 aromatic heterocycles. The van der Waals surface area contributed by atoms with Crippen LogP contribution in [0, 0.1) is 18.3 Å². The molecule has 0 atom stereocenters. The van der Waals surface area contributed by atoms with Gasteiger partial charge in [-0.3, -0.25) is 0 Å². The molecule has 0 spiro atoms. The van der Waals surface area contributed by atoms with Crippen LogP contribution in [-0.2, 0) is 0 Å². The highest BCUT2D eigenvalue weighted by Crippen LogP contribution is 2.22. The molecule has 1 aromatic carbocycles. The second-order valence-corrected chi connectivity index (χ2v) is 4.42. The predicted molar refractivity (Wildman–Crippen MR) is 65.6 cm³/mol. The standard InChI is InChI=1S/C13H17N3/c1-11-3-4-13(12(9-11)10-14)16-7-5-15(2)6-8-16/h3-4,9H,5-8H2,1-2H3. The molecule has 3 heteroatoms. The van der Waals surface area contributed by atoms with E-state index in [4.69, 9.17) is 5.26 Å². The summed E-state index contributed by atoms with van der Waals surface area (Å²) in [6.07, 6.45) is 0. The first-order valence-electron chi connectivity index (χ1n) is 5.65. The van der Waals surface area contributed by atoms with Gasteiger partial charge in [0.15, 0.2) is 0 Å². The van der Waals surface area contributed by atoms with Crippen LogP contribution in [0.4, 0.5) is 5.69 Å². The average molecular weight is 215 g/mol. The fraction of sp³-hybridized carbons (Fsp3) is 0.462. The topological polar surface area (TPSA) is 30.3 Å². The molecule has 84 valence electrons. The number of hydrogen-bond acceptors (Lipinski definition) is 3. The number of nitriles is 1. The van der Waals surface area contributed by atoms with Crippen molar-refractivity contribution in [3.63, 3.8) is 0 Å². The summed E-state index contributed by atoms with van der Waals surface area (Å²) in [4.78, 5) is 4.62. The van der Waals surface area contributed by atoms with Crippen LogP contribution >= 0.6 is 0 Å². The van der Waals surface area contributed by atoms with Gasteiger partial charge in [0.2, 0.25) is 0 Å². The van der Waals surface area contributed by atoms with E-state index in [0.29, 0.717) is 0 Å². The monoisotopic (exact) mass is 215 g/mol. The molecular formula is C13H17N3. The molecule has 0 radical (unpaired) electrons. The highest BCUT2D eigenvalue weighted by Gasteiger charge is 2.16. The van der Waals surface area contributed by atoms with Gasteiger partial charge < -0.3 is 9.80 Å². The summed E-state index contributed by atoms with van der Waals surface area (Å²) in [6.45, 7) is 6.18. The van der Waals surface area contributed by atoms with E-state index in [9.17, 15) is 0 Å². The molecule has 0 saturated carbocycles. The fourth-order valence-corrected chi connectivity index (χ4v) is 2.06. The molecule has 0 unspecified atom stereocenters. The van der Waals surface area contributed by atoms with E-state index in [2.05, 4.69) is 35.0 Å². The van der Waals surface area contributed by atoms with Crippen molar-refractivity contribution in [2.75, 3.05) is 38.1 Å². The van der Waals surface area contributed by atoms with Crippen LogP contribution in [0.3, 0.4) is 0 Å². The maximum Gasteiger partial charge on any atom is 0.101 e. The Kier molecular flexibility index (Phi) is 3.12. The molecule has 3 nitrogen and oxygen atoms in total. The van der Waals surface area contributed by atoms with Crippen LogP contribution in [0.5, 0.6) is 0 Å². The molecule has 1 heterocycles. The Hall–Kier alpha value is -1.53. The first kappa shape index (κ1) is 11.0. The summed E-state index contributed by atoms with van der Waals surface area (Å²) in [5, 5.41) is 9.14. The highest BCUT2D eigenvalue weighted by molar-refractivity contribution is 5.60. The van der Waals surface area contributed by atoms with Crippen molar-refractivity contribution < 1.29 is 0 Å². The number of rotatable bonds is 1. The number of anilines is 1. The SMILES string of the molecule is Cc1ccc(N2CCN(C)CC2)c(C#N)c1. The molecule has 1 aliphatic rings. The zero-order valence-electron chi connectivity index (χ0n) is 9.90. The first-order chi connectivity index (χ1) is 7.70. The molecular weight excluding hydrogens is 198 g/mol. The maximum atomic E-state index is 9.14. The second-order valence-electron chi connectivity index (χ2n) is 4.42. The summed E-state index contributed by atoms with van der Waals surface area (Å²) < 4.78 is 0. The average Bonchev–Trinajstić information content (AvgIpc) is 2.30. The molecule has 1 aromatic rings. The van der Waals surface area contributed by atoms with Gasteiger partial charge in [0.05, 0.1) is 11.3 Å². The molecule has 2 rings (SSSR count). The third kappa shape index (κ3) is 2.17. The Morgan fingerprint density at radius 1 is 1.19 bits per heavy atom. The molecule has 0 bridgehead atoms. The minimum Gasteiger partial charge on any atom is -0.368 e. The minimum absolute atomic E-state index is 0.796. The van der Waals surface area contributed by atoms with Gasteiger partial charge in [-0.15, -0.1) is 0 Å². The van der Waals surface area contributed by atoms with Crippen molar-refractivity contribution in [1.82, 2.24) is 4.90 Å². The Morgan fingerprint density at radius 2 is 1.88 bits per heavy atom. The fourth-order valence-electron chi connectivity index (χ4n) is 2.06. The van der Waals surface area contributed by atoms with E-state index >= 15 is 0 Å². The van der Waals surface area contributed by atoms with Crippen LogP contribution in [0.1, 0.15) is 11.1 Å². The molecule has 1 fully saturated rings. The predicted octanol–water partition coefficient (Wildman–Crippen LogP) is 1.62. The minimum atomic E-state index is 0.796. The Morgan fingerprint density at radius 3 is 2.50 bits per heavy atom. The third-order valence-corrected chi connectivity index (χ3v) is 3.12. The lowest BCUT2D eigenvalue weighted by molar-refractivity contribution is 0.313. The Labute approximate surface area is 96.9 Å². The van der Waals surface area contributed by atoms with Gasteiger partial charge in [-0.05, 0) is 31.7 Å². The van der Waals surface area contributed by atoms with Crippen molar-refractivity contribution >= 4 is 5.69 Å². The summed E-state index contributed by atoms with van der Waals surface area (Å²) in [5.74, 6) is 0. The lowest BCUT2D eigenvalue weighted by Gasteiger charge is -2.34. The summed E-state index contributed by atoms with van der Waals surface area (Å²) >= 11 is 0. The smallest absolute Gasteiger partial charge is 0.101 e. The van der Waals surface area contributed by atoms with E-state index in [1.54, 1.807) is 0 Å². The van der Waals surface area contributed by atoms with Crippen LogP contribution in [0.25, 0.3) is 0 Å². The molecule has 16 heavy (non-hydrogen) atoms. The normalized spacial score (nSPS) is 17.2. The van der Waals surface area contributed by atoms with Gasteiger partial charge in [0.25, 0.3) is 0 Å². The quantitative estimate of drug-likeness (QED) is 0.713. The van der Waals surface area contributed by atoms with Crippen LogP contribution in [-0.4, -0.2) is 38.1 Å². The van der Waals surface area contributed by atoms with Crippen LogP contribution < -0.4 is 4.90 Å². The van der Waals surface area contributed by atoms with Gasteiger partial charge >= 0.3 is 0 Å². The van der Waals surface area contributed by atoms with E-state index in [1.807, 2.05) is 13.0 Å². The molecule has 1 saturated heterocycles. The molecule has 0 aliphatic carbocycles. The number of hydrogen-bond donors (Lipinski definition) is 0. The number of likely N-dealkylation sites (N-methyl/N-ethyl adjacent to an activating group) is 1. The zero-order valence-corrected chi connectivity index (χ0v) is 9.90. The first-order valence-corrected chi connectivity index (χ1v) is 5.65. The number of piperazine rings is 1. The Balaban J connectivity index is 2.24. The second kappa shape index (κ2) is 4.54. The molecule has 1 aliphatic heterocycles. The van der Waals surface area contributed by atoms with E-state index in [1.165, 1.54) is 0 Å². The summed E-state index contributed by atoms with van der Waals surface area (Å²) in [7, 11) is 2.14. The van der Waals surface area contributed by atoms with Gasteiger partial charge in [-0.1, -0.05) is 6.07 Å². The maximum absolute atomic E-state index is 9.14. The van der Waals surface area contributed by atoms with Crippen molar-refractivity contribution in [2.24, 2.45) is 0 Å². The Bertz CT molecular complexity index is 412. The number of aryl methyl sites for hydroxylation is 1. The summed E-state index contributed by atoms with van der Waals surface area (Å²) in [6, 6.07) is 8.40. The number of benzene rings is 1. The largest absolute Gasteiger partial charge is 0.368 e. The van der Waals surface area contributed by atoms with Gasteiger partial charge in [-0.2, -0.15) is 5.26 Å². The third-order valence-electron chi connectivity index (χ3n) is 3.12. The lowest BCUT2D eigenvalue weighted by Crippen LogP contribution is -2.44. The van der Waals surface area contributed by atoms with Crippen LogP contribution in [0.2, 0.25) is 0 Å². The van der Waals surface area contributed by atoms with Gasteiger partial charge in [0, 0.05) is 26.2 Å². The van der Waals surface area contributed by atoms with Gasteiger partial charge in [0.1, 0.15) is 6.07 Å². The van der Waals surface area contributed by atoms with Crippen molar-refractivity contribution in [1.29, 1.82) is 5.26 Å². The van der Waals surface area contributed by atoms with Crippen molar-refractivity contribution in [3.8, 4) is 6.07 Å². The van der Waals surface area contributed by atoms with E-state index in [-0.39, 0.29) is 0 Å². The van der Waals surface area contributed by atoms with Gasteiger partial charge in [-0.25, -0.2) is 0 Å². The molecule has 0 amide bonds. The highest BCUT2D eigenvalue weighted by atomic mass is 15.2. The molecule has 0 N–H and O–H groups in total. The zero-order chi connectivity index (χ0) is 11.5. The van der Waals surface area contributed by atoms with Crippen LogP contribution in [0.15, 0.2) is 18.2 Å². The van der Waals surface area contributed by atoms with E-state index in [0.717, 1.165) is 43.0 Å². The van der Waals surface area contributed by atoms with Crippen molar-refractivity contribution in [2.45, 2.75) is 6.92 Å². The number of nitrogens with zero attached hydrogens (tertiary/aromatic N) is 3. The summed E-state index contributed by atoms with van der Waals surface area (Å²) in [5.41, 5.74) is 3.03.